The molecule has 0 radical (unpaired) electrons. The van der Waals surface area contributed by atoms with Gasteiger partial charge in [0.25, 0.3) is 17.7 Å². The maximum atomic E-state index is 13.1. The number of rotatable bonds is 7. The van der Waals surface area contributed by atoms with E-state index in [-0.39, 0.29) is 11.5 Å². The predicted molar refractivity (Wildman–Crippen MR) is 98.2 cm³/mol. The van der Waals surface area contributed by atoms with Gasteiger partial charge in [0.1, 0.15) is 12.4 Å². The Morgan fingerprint density at radius 3 is 2.32 bits per heavy atom. The van der Waals surface area contributed by atoms with Gasteiger partial charge in [-0.1, -0.05) is 6.07 Å². The van der Waals surface area contributed by atoms with Crippen molar-refractivity contribution in [2.45, 2.75) is 0 Å². The number of halogens is 1. The number of nitrogens with one attached hydrogen (secondary N) is 3. The molecule has 0 spiro atoms. The van der Waals surface area contributed by atoms with E-state index in [1.807, 2.05) is 0 Å². The number of carbonyl (C=O) groups is 4. The van der Waals surface area contributed by atoms with Crippen LogP contribution in [0.2, 0.25) is 0 Å². The molecule has 0 fully saturated rings. The molecule has 28 heavy (non-hydrogen) atoms. The van der Waals surface area contributed by atoms with Crippen LogP contribution in [0.1, 0.15) is 20.7 Å². The van der Waals surface area contributed by atoms with Crippen molar-refractivity contribution in [3.8, 4) is 0 Å². The highest BCUT2D eigenvalue weighted by Crippen LogP contribution is 2.09. The summed E-state index contributed by atoms with van der Waals surface area (Å²) in [6, 6.07) is 11.1. The lowest BCUT2D eigenvalue weighted by Gasteiger charge is -2.08. The van der Waals surface area contributed by atoms with E-state index in [4.69, 9.17) is 4.74 Å². The lowest BCUT2D eigenvalue weighted by molar-refractivity contribution is -0.146. The molecule has 0 unspecified atom stereocenters. The molecular formula is C19H18FN3O5. The van der Waals surface area contributed by atoms with E-state index in [2.05, 4.69) is 16.0 Å². The highest BCUT2D eigenvalue weighted by Gasteiger charge is 2.12. The Balaban J connectivity index is 1.74. The zero-order chi connectivity index (χ0) is 20.5. The third kappa shape index (κ3) is 6.20. The first-order chi connectivity index (χ1) is 13.4. The van der Waals surface area contributed by atoms with Crippen molar-refractivity contribution in [2.24, 2.45) is 0 Å². The molecule has 146 valence electrons. The number of anilines is 1. The van der Waals surface area contributed by atoms with Crippen molar-refractivity contribution < 1.29 is 28.3 Å². The van der Waals surface area contributed by atoms with Crippen molar-refractivity contribution in [1.29, 1.82) is 0 Å². The van der Waals surface area contributed by atoms with Crippen LogP contribution in [-0.2, 0) is 14.3 Å². The molecule has 0 saturated heterocycles. The normalized spacial score (nSPS) is 9.93. The van der Waals surface area contributed by atoms with Crippen LogP contribution in [0.25, 0.3) is 0 Å². The highest BCUT2D eigenvalue weighted by molar-refractivity contribution is 5.97. The average Bonchev–Trinajstić information content (AvgIpc) is 2.70. The number of hydrogen-bond acceptors (Lipinski definition) is 5. The molecule has 0 aliphatic rings. The van der Waals surface area contributed by atoms with Gasteiger partial charge < -0.3 is 20.7 Å². The minimum absolute atomic E-state index is 0.0609. The first-order valence-corrected chi connectivity index (χ1v) is 8.20. The predicted octanol–water partition coefficient (Wildman–Crippen LogP) is 1.10. The smallest absolute Gasteiger partial charge is 0.325 e. The standard InChI is InChI=1S/C19H18FN3O5/c1-21-18(26)12-5-7-15(8-6-12)23-16(24)11-28-17(25)10-22-19(27)13-3-2-4-14(20)9-13/h2-9H,10-11H2,1H3,(H,21,26)(H,22,27)(H,23,24). The van der Waals surface area contributed by atoms with Gasteiger partial charge in [-0.25, -0.2) is 4.39 Å². The Morgan fingerprint density at radius 2 is 1.68 bits per heavy atom. The zero-order valence-electron chi connectivity index (χ0n) is 15.0. The van der Waals surface area contributed by atoms with Crippen molar-refractivity contribution >= 4 is 29.4 Å². The summed E-state index contributed by atoms with van der Waals surface area (Å²) >= 11 is 0. The van der Waals surface area contributed by atoms with Crippen LogP contribution in [0.15, 0.2) is 48.5 Å². The molecule has 0 atom stereocenters. The van der Waals surface area contributed by atoms with Crippen LogP contribution in [0.5, 0.6) is 0 Å². The van der Waals surface area contributed by atoms with E-state index >= 15 is 0 Å². The van der Waals surface area contributed by atoms with Gasteiger partial charge in [0.2, 0.25) is 0 Å². The molecule has 0 bridgehead atoms. The summed E-state index contributed by atoms with van der Waals surface area (Å²) in [5.41, 5.74) is 0.916. The van der Waals surface area contributed by atoms with Gasteiger partial charge in [0.15, 0.2) is 6.61 Å². The van der Waals surface area contributed by atoms with Gasteiger partial charge in [0, 0.05) is 23.9 Å². The highest BCUT2D eigenvalue weighted by atomic mass is 19.1. The minimum atomic E-state index is -0.824. The fourth-order valence-corrected chi connectivity index (χ4v) is 2.13. The number of carbonyl (C=O) groups excluding carboxylic acids is 4. The van der Waals surface area contributed by atoms with Crippen molar-refractivity contribution in [2.75, 3.05) is 25.5 Å². The average molecular weight is 387 g/mol. The minimum Gasteiger partial charge on any atom is -0.454 e. The van der Waals surface area contributed by atoms with E-state index in [9.17, 15) is 23.6 Å². The van der Waals surface area contributed by atoms with E-state index in [1.54, 1.807) is 0 Å². The summed E-state index contributed by atoms with van der Waals surface area (Å²) in [4.78, 5) is 46.6. The first-order valence-electron chi connectivity index (χ1n) is 8.20. The number of ether oxygens (including phenoxy) is 1. The van der Waals surface area contributed by atoms with Crippen molar-refractivity contribution in [3.05, 3.63) is 65.5 Å². The molecule has 2 aromatic carbocycles. The quantitative estimate of drug-likeness (QED) is 0.616. The summed E-state index contributed by atoms with van der Waals surface area (Å²) in [6.07, 6.45) is 0. The number of hydrogen-bond donors (Lipinski definition) is 3. The SMILES string of the molecule is CNC(=O)c1ccc(NC(=O)COC(=O)CNC(=O)c2cccc(F)c2)cc1. The van der Waals surface area contributed by atoms with Gasteiger partial charge in [-0.15, -0.1) is 0 Å². The fourth-order valence-electron chi connectivity index (χ4n) is 2.13. The zero-order valence-corrected chi connectivity index (χ0v) is 15.0. The second kappa shape index (κ2) is 9.81. The molecular weight excluding hydrogens is 369 g/mol. The van der Waals surface area contributed by atoms with E-state index in [0.717, 1.165) is 6.07 Å². The summed E-state index contributed by atoms with van der Waals surface area (Å²) in [5.74, 6) is -2.88. The van der Waals surface area contributed by atoms with Crippen LogP contribution in [0, 0.1) is 5.82 Å². The van der Waals surface area contributed by atoms with Crippen LogP contribution < -0.4 is 16.0 Å². The maximum Gasteiger partial charge on any atom is 0.325 e. The largest absolute Gasteiger partial charge is 0.454 e. The lowest BCUT2D eigenvalue weighted by atomic mass is 10.2. The van der Waals surface area contributed by atoms with Crippen molar-refractivity contribution in [1.82, 2.24) is 10.6 Å². The van der Waals surface area contributed by atoms with E-state index in [1.165, 1.54) is 49.5 Å². The van der Waals surface area contributed by atoms with Gasteiger partial charge >= 0.3 is 5.97 Å². The summed E-state index contributed by atoms with van der Waals surface area (Å²) in [6.45, 7) is -1.02. The number of amides is 3. The molecule has 0 aliphatic carbocycles. The van der Waals surface area contributed by atoms with E-state index in [0.29, 0.717) is 11.3 Å². The van der Waals surface area contributed by atoms with Crippen LogP contribution in [-0.4, -0.2) is 43.9 Å². The molecule has 3 amide bonds. The molecule has 8 nitrogen and oxygen atoms in total. The van der Waals surface area contributed by atoms with Gasteiger partial charge in [-0.2, -0.15) is 0 Å². The molecule has 0 aromatic heterocycles. The lowest BCUT2D eigenvalue weighted by Crippen LogP contribution is -2.32. The number of benzene rings is 2. The Labute approximate surface area is 160 Å². The summed E-state index contributed by atoms with van der Waals surface area (Å²) in [7, 11) is 1.51. The molecule has 2 rings (SSSR count). The Morgan fingerprint density at radius 1 is 0.964 bits per heavy atom. The Bertz CT molecular complexity index is 883. The van der Waals surface area contributed by atoms with Gasteiger partial charge in [-0.05, 0) is 42.5 Å². The molecule has 3 N–H and O–H groups in total. The third-order valence-electron chi connectivity index (χ3n) is 3.50. The molecule has 0 aliphatic heterocycles. The van der Waals surface area contributed by atoms with E-state index < -0.39 is 36.8 Å². The topological polar surface area (TPSA) is 114 Å². The Kier molecular flexibility index (Phi) is 7.21. The molecule has 2 aromatic rings. The van der Waals surface area contributed by atoms with Crippen molar-refractivity contribution in [3.63, 3.8) is 0 Å². The monoisotopic (exact) mass is 387 g/mol. The number of esters is 1. The first kappa shape index (κ1) is 20.6. The summed E-state index contributed by atoms with van der Waals surface area (Å²) in [5, 5.41) is 7.25. The third-order valence-corrected chi connectivity index (χ3v) is 3.50. The second-order valence-electron chi connectivity index (χ2n) is 5.56. The van der Waals surface area contributed by atoms with Gasteiger partial charge in [0.05, 0.1) is 0 Å². The molecule has 9 heteroatoms. The maximum absolute atomic E-state index is 13.1. The fraction of sp³-hybridized carbons (Fsp3) is 0.158. The van der Waals surface area contributed by atoms with Crippen LogP contribution >= 0.6 is 0 Å². The van der Waals surface area contributed by atoms with Crippen LogP contribution in [0.3, 0.4) is 0 Å². The molecule has 0 heterocycles. The molecule has 0 saturated carbocycles. The Hall–Kier alpha value is -3.75. The van der Waals surface area contributed by atoms with Crippen LogP contribution in [0.4, 0.5) is 10.1 Å². The summed E-state index contributed by atoms with van der Waals surface area (Å²) < 4.78 is 17.8. The second-order valence-corrected chi connectivity index (χ2v) is 5.56. The van der Waals surface area contributed by atoms with Gasteiger partial charge in [-0.3, -0.25) is 19.2 Å².